The Bertz CT molecular complexity index is 206. The van der Waals surface area contributed by atoms with Crippen molar-refractivity contribution in [2.75, 3.05) is 46.4 Å². The van der Waals surface area contributed by atoms with E-state index < -0.39 is 0 Å². The highest BCUT2D eigenvalue weighted by Gasteiger charge is 2.27. The molecule has 0 aliphatic carbocycles. The maximum Gasteiger partial charge on any atom is 0.0558 e. The van der Waals surface area contributed by atoms with Gasteiger partial charge in [0.25, 0.3) is 0 Å². The summed E-state index contributed by atoms with van der Waals surface area (Å²) in [6.45, 7) is 5.75. The van der Waals surface area contributed by atoms with E-state index in [0.29, 0.717) is 12.1 Å². The summed E-state index contributed by atoms with van der Waals surface area (Å²) in [5.41, 5.74) is 0. The number of likely N-dealkylation sites (N-methyl/N-ethyl adjacent to an activating group) is 1. The Kier molecular flexibility index (Phi) is 4.58. The van der Waals surface area contributed by atoms with Crippen molar-refractivity contribution in [2.24, 2.45) is 0 Å². The van der Waals surface area contributed by atoms with Crippen LogP contribution in [0.5, 0.6) is 0 Å². The SMILES string of the molecule is CN1CCC(N(CCO)CC2CCCN2)C1. The van der Waals surface area contributed by atoms with Crippen LogP contribution >= 0.6 is 0 Å². The predicted octanol–water partition coefficient (Wildman–Crippen LogP) is -0.263. The highest BCUT2D eigenvalue weighted by Crippen LogP contribution is 2.16. The average Bonchev–Trinajstić information content (AvgIpc) is 2.88. The smallest absolute Gasteiger partial charge is 0.0558 e. The first-order valence-corrected chi connectivity index (χ1v) is 6.56. The summed E-state index contributed by atoms with van der Waals surface area (Å²) < 4.78 is 0. The molecule has 2 rings (SSSR count). The summed E-state index contributed by atoms with van der Waals surface area (Å²) in [5.74, 6) is 0. The lowest BCUT2D eigenvalue weighted by Crippen LogP contribution is -2.45. The number of likely N-dealkylation sites (tertiary alicyclic amines) is 1. The van der Waals surface area contributed by atoms with Crippen LogP contribution in [0.1, 0.15) is 19.3 Å². The highest BCUT2D eigenvalue weighted by molar-refractivity contribution is 4.86. The maximum atomic E-state index is 9.16. The molecule has 0 amide bonds. The van der Waals surface area contributed by atoms with E-state index in [4.69, 9.17) is 5.11 Å². The zero-order valence-electron chi connectivity index (χ0n) is 10.4. The van der Waals surface area contributed by atoms with E-state index in [-0.39, 0.29) is 6.61 Å². The minimum Gasteiger partial charge on any atom is -0.395 e. The fourth-order valence-electron chi connectivity index (χ4n) is 2.96. The van der Waals surface area contributed by atoms with Crippen molar-refractivity contribution in [3.8, 4) is 0 Å². The van der Waals surface area contributed by atoms with Crippen LogP contribution in [0.4, 0.5) is 0 Å². The maximum absolute atomic E-state index is 9.16. The number of rotatable bonds is 5. The summed E-state index contributed by atoms with van der Waals surface area (Å²) in [6, 6.07) is 1.30. The van der Waals surface area contributed by atoms with Crippen molar-refractivity contribution < 1.29 is 5.11 Å². The first-order valence-electron chi connectivity index (χ1n) is 6.56. The van der Waals surface area contributed by atoms with Gasteiger partial charge in [-0.3, -0.25) is 4.90 Å². The molecule has 94 valence electrons. The van der Waals surface area contributed by atoms with Gasteiger partial charge >= 0.3 is 0 Å². The molecule has 2 atom stereocenters. The molecule has 0 spiro atoms. The number of aliphatic hydroxyl groups is 1. The van der Waals surface area contributed by atoms with Crippen molar-refractivity contribution >= 4 is 0 Å². The van der Waals surface area contributed by atoms with Crippen molar-refractivity contribution in [2.45, 2.75) is 31.3 Å². The largest absolute Gasteiger partial charge is 0.395 e. The third kappa shape index (κ3) is 3.17. The molecule has 2 unspecified atom stereocenters. The molecule has 2 saturated heterocycles. The molecule has 0 radical (unpaired) electrons. The average molecular weight is 227 g/mol. The van der Waals surface area contributed by atoms with Gasteiger partial charge in [0.15, 0.2) is 0 Å². The molecule has 16 heavy (non-hydrogen) atoms. The Labute approximate surface area is 98.6 Å². The molecule has 2 fully saturated rings. The van der Waals surface area contributed by atoms with E-state index in [1.165, 1.54) is 32.4 Å². The van der Waals surface area contributed by atoms with Crippen LogP contribution in [0.25, 0.3) is 0 Å². The molecule has 2 aliphatic rings. The molecule has 2 heterocycles. The number of hydrogen-bond acceptors (Lipinski definition) is 4. The lowest BCUT2D eigenvalue weighted by atomic mass is 10.1. The molecule has 0 aromatic carbocycles. The molecule has 4 heteroatoms. The molecule has 4 nitrogen and oxygen atoms in total. The molecular weight excluding hydrogens is 202 g/mol. The fourth-order valence-corrected chi connectivity index (χ4v) is 2.96. The summed E-state index contributed by atoms with van der Waals surface area (Å²) in [6.07, 6.45) is 3.86. The quantitative estimate of drug-likeness (QED) is 0.678. The van der Waals surface area contributed by atoms with Crippen LogP contribution in [-0.2, 0) is 0 Å². The summed E-state index contributed by atoms with van der Waals surface area (Å²) in [5, 5.41) is 12.7. The van der Waals surface area contributed by atoms with Gasteiger partial charge in [0.05, 0.1) is 6.61 Å². The second-order valence-corrected chi connectivity index (χ2v) is 5.22. The zero-order valence-corrected chi connectivity index (χ0v) is 10.4. The second-order valence-electron chi connectivity index (χ2n) is 5.22. The van der Waals surface area contributed by atoms with Crippen LogP contribution in [0.2, 0.25) is 0 Å². The van der Waals surface area contributed by atoms with Crippen LogP contribution in [0.3, 0.4) is 0 Å². The van der Waals surface area contributed by atoms with E-state index >= 15 is 0 Å². The Morgan fingerprint density at radius 2 is 2.31 bits per heavy atom. The lowest BCUT2D eigenvalue weighted by molar-refractivity contribution is 0.142. The second kappa shape index (κ2) is 5.96. The van der Waals surface area contributed by atoms with Crippen molar-refractivity contribution in [3.05, 3.63) is 0 Å². The Morgan fingerprint density at radius 1 is 1.44 bits per heavy atom. The molecule has 0 aromatic heterocycles. The first kappa shape index (κ1) is 12.3. The van der Waals surface area contributed by atoms with Gasteiger partial charge in [0.2, 0.25) is 0 Å². The lowest BCUT2D eigenvalue weighted by Gasteiger charge is -2.30. The van der Waals surface area contributed by atoms with Crippen LogP contribution in [0.15, 0.2) is 0 Å². The van der Waals surface area contributed by atoms with Crippen molar-refractivity contribution in [1.82, 2.24) is 15.1 Å². The van der Waals surface area contributed by atoms with Gasteiger partial charge in [-0.2, -0.15) is 0 Å². The third-order valence-corrected chi connectivity index (χ3v) is 3.89. The van der Waals surface area contributed by atoms with Gasteiger partial charge in [-0.05, 0) is 39.4 Å². The normalized spacial score (nSPS) is 31.7. The van der Waals surface area contributed by atoms with Crippen molar-refractivity contribution in [1.29, 1.82) is 0 Å². The van der Waals surface area contributed by atoms with Gasteiger partial charge in [-0.15, -0.1) is 0 Å². The van der Waals surface area contributed by atoms with Gasteiger partial charge in [-0.25, -0.2) is 0 Å². The van der Waals surface area contributed by atoms with E-state index in [0.717, 1.165) is 19.6 Å². The van der Waals surface area contributed by atoms with E-state index in [2.05, 4.69) is 22.2 Å². The van der Waals surface area contributed by atoms with E-state index in [1.807, 2.05) is 0 Å². The zero-order chi connectivity index (χ0) is 11.4. The van der Waals surface area contributed by atoms with Gasteiger partial charge < -0.3 is 15.3 Å². The molecule has 2 aliphatic heterocycles. The topological polar surface area (TPSA) is 38.7 Å². The molecular formula is C12H25N3O. The predicted molar refractivity (Wildman–Crippen MR) is 65.6 cm³/mol. The van der Waals surface area contributed by atoms with Gasteiger partial charge in [0.1, 0.15) is 0 Å². The first-order chi connectivity index (χ1) is 7.79. The molecule has 0 saturated carbocycles. The van der Waals surface area contributed by atoms with Gasteiger partial charge in [0, 0.05) is 31.7 Å². The number of nitrogens with one attached hydrogen (secondary N) is 1. The molecule has 0 bridgehead atoms. The summed E-state index contributed by atoms with van der Waals surface area (Å²) >= 11 is 0. The minimum absolute atomic E-state index is 0.285. The summed E-state index contributed by atoms with van der Waals surface area (Å²) in [4.78, 5) is 4.86. The Hall–Kier alpha value is -0.160. The Morgan fingerprint density at radius 3 is 2.88 bits per heavy atom. The van der Waals surface area contributed by atoms with Crippen LogP contribution in [-0.4, -0.2) is 73.4 Å². The highest BCUT2D eigenvalue weighted by atomic mass is 16.3. The fraction of sp³-hybridized carbons (Fsp3) is 1.00. The number of nitrogens with zero attached hydrogens (tertiary/aromatic N) is 2. The monoisotopic (exact) mass is 227 g/mol. The van der Waals surface area contributed by atoms with Crippen molar-refractivity contribution in [3.63, 3.8) is 0 Å². The van der Waals surface area contributed by atoms with Gasteiger partial charge in [-0.1, -0.05) is 0 Å². The standard InChI is InChI=1S/C12H25N3O/c1-14-6-4-12(10-14)15(7-8-16)9-11-3-2-5-13-11/h11-13,16H,2-10H2,1H3. The number of hydrogen-bond donors (Lipinski definition) is 2. The van der Waals surface area contributed by atoms with Crippen LogP contribution in [0, 0.1) is 0 Å². The molecule has 2 N–H and O–H groups in total. The number of aliphatic hydroxyl groups excluding tert-OH is 1. The summed E-state index contributed by atoms with van der Waals surface area (Å²) in [7, 11) is 2.19. The van der Waals surface area contributed by atoms with E-state index in [9.17, 15) is 0 Å². The molecule has 0 aromatic rings. The Balaban J connectivity index is 1.83. The minimum atomic E-state index is 0.285. The van der Waals surface area contributed by atoms with Crippen LogP contribution < -0.4 is 5.32 Å². The van der Waals surface area contributed by atoms with E-state index in [1.54, 1.807) is 0 Å². The third-order valence-electron chi connectivity index (χ3n) is 3.89.